The second-order valence-corrected chi connectivity index (χ2v) is 3.81. The van der Waals surface area contributed by atoms with Crippen LogP contribution in [0, 0.1) is 5.92 Å². The topological polar surface area (TPSA) is 47.0 Å². The third kappa shape index (κ3) is 2.58. The van der Waals surface area contributed by atoms with Crippen molar-refractivity contribution in [2.75, 3.05) is 11.9 Å². The molecule has 0 aromatic carbocycles. The van der Waals surface area contributed by atoms with Gasteiger partial charge in [-0.3, -0.25) is 0 Å². The zero-order valence-electron chi connectivity index (χ0n) is 9.23. The van der Waals surface area contributed by atoms with Gasteiger partial charge in [-0.1, -0.05) is 13.3 Å². The number of ether oxygens (including phenoxy) is 1. The Labute approximate surface area is 90.1 Å². The molecule has 15 heavy (non-hydrogen) atoms. The molecule has 4 heteroatoms. The maximum Gasteiger partial charge on any atom is 0.226 e. The average molecular weight is 207 g/mol. The highest BCUT2D eigenvalue weighted by Gasteiger charge is 2.35. The fourth-order valence-corrected chi connectivity index (χ4v) is 1.68. The Bertz CT molecular complexity index is 329. The van der Waals surface area contributed by atoms with E-state index < -0.39 is 0 Å². The summed E-state index contributed by atoms with van der Waals surface area (Å²) in [6.07, 6.45) is 4.19. The molecule has 1 aromatic heterocycles. The number of hydrogen-bond donors (Lipinski definition) is 1. The van der Waals surface area contributed by atoms with Crippen LogP contribution in [0.1, 0.15) is 26.7 Å². The summed E-state index contributed by atoms with van der Waals surface area (Å²) >= 11 is 0. The Morgan fingerprint density at radius 3 is 3.07 bits per heavy atom. The van der Waals surface area contributed by atoms with Gasteiger partial charge in [0.05, 0.1) is 6.61 Å². The van der Waals surface area contributed by atoms with Crippen molar-refractivity contribution in [3.05, 3.63) is 12.3 Å². The quantitative estimate of drug-likeness (QED) is 0.803. The largest absolute Gasteiger partial charge is 0.478 e. The van der Waals surface area contributed by atoms with Gasteiger partial charge >= 0.3 is 0 Å². The number of nitrogens with one attached hydrogen (secondary N) is 1. The average Bonchev–Trinajstić information content (AvgIpc) is 2.97. The molecule has 0 radical (unpaired) electrons. The van der Waals surface area contributed by atoms with Crippen LogP contribution in [0.3, 0.4) is 0 Å². The highest BCUT2D eigenvalue weighted by Crippen LogP contribution is 2.35. The highest BCUT2D eigenvalue weighted by molar-refractivity contribution is 5.31. The van der Waals surface area contributed by atoms with Gasteiger partial charge in [-0.15, -0.1) is 0 Å². The molecule has 0 amide bonds. The maximum atomic E-state index is 5.31. The second kappa shape index (κ2) is 4.47. The van der Waals surface area contributed by atoms with Gasteiger partial charge in [-0.2, -0.15) is 4.98 Å². The molecule has 1 N–H and O–H groups in total. The Morgan fingerprint density at radius 2 is 2.40 bits per heavy atom. The van der Waals surface area contributed by atoms with Gasteiger partial charge in [-0.25, -0.2) is 4.98 Å². The van der Waals surface area contributed by atoms with E-state index in [1.807, 2.05) is 6.92 Å². The highest BCUT2D eigenvalue weighted by atomic mass is 16.5. The van der Waals surface area contributed by atoms with Gasteiger partial charge in [-0.05, 0) is 19.3 Å². The zero-order valence-corrected chi connectivity index (χ0v) is 9.23. The molecule has 2 rings (SSSR count). The van der Waals surface area contributed by atoms with Crippen LogP contribution in [0.25, 0.3) is 0 Å². The molecule has 0 bridgehead atoms. The smallest absolute Gasteiger partial charge is 0.226 e. The van der Waals surface area contributed by atoms with E-state index in [0.29, 0.717) is 24.5 Å². The molecule has 4 nitrogen and oxygen atoms in total. The Morgan fingerprint density at radius 1 is 1.53 bits per heavy atom. The molecular weight excluding hydrogens is 190 g/mol. The van der Waals surface area contributed by atoms with Crippen molar-refractivity contribution in [3.63, 3.8) is 0 Å². The molecule has 0 spiro atoms. The third-order valence-electron chi connectivity index (χ3n) is 2.68. The summed E-state index contributed by atoms with van der Waals surface area (Å²) in [5, 5.41) is 3.31. The summed E-state index contributed by atoms with van der Waals surface area (Å²) in [5.74, 6) is 2.12. The van der Waals surface area contributed by atoms with E-state index >= 15 is 0 Å². The Balaban J connectivity index is 1.93. The number of aromatic nitrogens is 2. The lowest BCUT2D eigenvalue weighted by atomic mass is 10.3. The number of hydrogen-bond acceptors (Lipinski definition) is 4. The van der Waals surface area contributed by atoms with Crippen molar-refractivity contribution in [2.45, 2.75) is 32.7 Å². The van der Waals surface area contributed by atoms with Crippen molar-refractivity contribution in [1.82, 2.24) is 9.97 Å². The first-order valence-corrected chi connectivity index (χ1v) is 5.55. The van der Waals surface area contributed by atoms with Gasteiger partial charge in [0.1, 0.15) is 0 Å². The van der Waals surface area contributed by atoms with Gasteiger partial charge in [0, 0.05) is 18.3 Å². The normalized spacial score (nSPS) is 23.6. The van der Waals surface area contributed by atoms with Crippen molar-refractivity contribution in [2.24, 2.45) is 5.92 Å². The molecule has 2 atom stereocenters. The molecule has 2 unspecified atom stereocenters. The summed E-state index contributed by atoms with van der Waals surface area (Å²) in [6, 6.07) is 2.34. The molecular formula is C11H17N3O. The van der Waals surface area contributed by atoms with Crippen LogP contribution in [0.5, 0.6) is 5.88 Å². The van der Waals surface area contributed by atoms with Crippen molar-refractivity contribution in [1.29, 1.82) is 0 Å². The second-order valence-electron chi connectivity index (χ2n) is 3.81. The van der Waals surface area contributed by atoms with Gasteiger partial charge in [0.15, 0.2) is 0 Å². The molecule has 1 aliphatic rings. The lowest BCUT2D eigenvalue weighted by Crippen LogP contribution is -2.08. The predicted octanol–water partition coefficient (Wildman–Crippen LogP) is 2.09. The fourth-order valence-electron chi connectivity index (χ4n) is 1.68. The molecule has 1 saturated carbocycles. The summed E-state index contributed by atoms with van der Waals surface area (Å²) < 4.78 is 5.31. The van der Waals surface area contributed by atoms with E-state index in [1.54, 1.807) is 12.3 Å². The van der Waals surface area contributed by atoms with E-state index in [0.717, 1.165) is 5.92 Å². The van der Waals surface area contributed by atoms with Crippen LogP contribution in [0.15, 0.2) is 12.3 Å². The first-order valence-electron chi connectivity index (χ1n) is 5.55. The van der Waals surface area contributed by atoms with E-state index in [9.17, 15) is 0 Å². The third-order valence-corrected chi connectivity index (χ3v) is 2.68. The summed E-state index contributed by atoms with van der Waals surface area (Å²) in [5.41, 5.74) is 0. The van der Waals surface area contributed by atoms with Crippen molar-refractivity contribution < 1.29 is 4.74 Å². The molecule has 0 aliphatic heterocycles. The van der Waals surface area contributed by atoms with Gasteiger partial charge in [0.2, 0.25) is 11.8 Å². The summed E-state index contributed by atoms with van der Waals surface area (Å²) in [7, 11) is 0. The van der Waals surface area contributed by atoms with E-state index in [-0.39, 0.29) is 0 Å². The van der Waals surface area contributed by atoms with Crippen molar-refractivity contribution in [3.8, 4) is 5.88 Å². The van der Waals surface area contributed by atoms with Crippen LogP contribution in [0.4, 0.5) is 5.95 Å². The maximum absolute atomic E-state index is 5.31. The van der Waals surface area contributed by atoms with Crippen LogP contribution >= 0.6 is 0 Å². The van der Waals surface area contributed by atoms with E-state index in [4.69, 9.17) is 4.74 Å². The van der Waals surface area contributed by atoms with Crippen molar-refractivity contribution >= 4 is 5.95 Å². The lowest BCUT2D eigenvalue weighted by Gasteiger charge is -2.05. The van der Waals surface area contributed by atoms with E-state index in [1.165, 1.54) is 12.8 Å². The fraction of sp³-hybridized carbons (Fsp3) is 0.636. The molecule has 82 valence electrons. The zero-order chi connectivity index (χ0) is 10.7. The minimum atomic E-state index is 0.562. The van der Waals surface area contributed by atoms with Crippen LogP contribution < -0.4 is 10.1 Å². The number of rotatable bonds is 5. The summed E-state index contributed by atoms with van der Waals surface area (Å²) in [4.78, 5) is 8.44. The molecule has 1 heterocycles. The SMILES string of the molecule is CCOc1ccnc(NC2CC2CC)n1. The van der Waals surface area contributed by atoms with Crippen LogP contribution in [-0.4, -0.2) is 22.6 Å². The molecule has 0 saturated heterocycles. The molecule has 1 aromatic rings. The minimum absolute atomic E-state index is 0.562. The standard InChI is InChI=1S/C11H17N3O/c1-3-8-7-9(8)13-11-12-6-5-10(14-11)15-4-2/h5-6,8-9H,3-4,7H2,1-2H3,(H,12,13,14). The van der Waals surface area contributed by atoms with Crippen LogP contribution in [0.2, 0.25) is 0 Å². The Kier molecular flexibility index (Phi) is 3.04. The monoisotopic (exact) mass is 207 g/mol. The molecule has 1 fully saturated rings. The minimum Gasteiger partial charge on any atom is -0.478 e. The molecule has 1 aliphatic carbocycles. The van der Waals surface area contributed by atoms with Gasteiger partial charge in [0.25, 0.3) is 0 Å². The lowest BCUT2D eigenvalue weighted by molar-refractivity contribution is 0.326. The first kappa shape index (κ1) is 10.2. The Hall–Kier alpha value is -1.32. The van der Waals surface area contributed by atoms with E-state index in [2.05, 4.69) is 22.2 Å². The van der Waals surface area contributed by atoms with Gasteiger partial charge < -0.3 is 10.1 Å². The number of nitrogens with zero attached hydrogens (tertiary/aromatic N) is 2. The predicted molar refractivity (Wildman–Crippen MR) is 59.0 cm³/mol. The summed E-state index contributed by atoms with van der Waals surface area (Å²) in [6.45, 7) is 4.80. The number of anilines is 1. The van der Waals surface area contributed by atoms with Crippen LogP contribution in [-0.2, 0) is 0 Å². The first-order chi connectivity index (χ1) is 7.33.